The SMILES string of the molecule is CCCc1cnc(C2COC(F)(F)OC2)nc1. The van der Waals surface area contributed by atoms with Gasteiger partial charge >= 0.3 is 6.29 Å². The number of hydrogen-bond acceptors (Lipinski definition) is 4. The van der Waals surface area contributed by atoms with Crippen molar-refractivity contribution >= 4 is 0 Å². The lowest BCUT2D eigenvalue weighted by atomic mass is 10.1. The number of rotatable bonds is 3. The van der Waals surface area contributed by atoms with Crippen LogP contribution in [0.2, 0.25) is 0 Å². The van der Waals surface area contributed by atoms with Gasteiger partial charge in [-0.05, 0) is 12.0 Å². The van der Waals surface area contributed by atoms with Crippen LogP contribution in [0.3, 0.4) is 0 Å². The van der Waals surface area contributed by atoms with Crippen LogP contribution in [0, 0.1) is 0 Å². The highest BCUT2D eigenvalue weighted by Gasteiger charge is 2.39. The van der Waals surface area contributed by atoms with Crippen molar-refractivity contribution < 1.29 is 18.3 Å². The van der Waals surface area contributed by atoms with E-state index in [4.69, 9.17) is 0 Å². The molecule has 1 aromatic heterocycles. The van der Waals surface area contributed by atoms with Crippen molar-refractivity contribution in [3.8, 4) is 0 Å². The molecule has 94 valence electrons. The highest BCUT2D eigenvalue weighted by Crippen LogP contribution is 2.28. The molecule has 0 N–H and O–H groups in total. The standard InChI is InChI=1S/C11H14F2N2O2/c1-2-3-8-4-14-10(15-5-8)9-6-16-11(12,13)17-7-9/h4-5,9H,2-3,6-7H2,1H3. The van der Waals surface area contributed by atoms with Gasteiger partial charge in [-0.2, -0.15) is 0 Å². The Balaban J connectivity index is 1.99. The van der Waals surface area contributed by atoms with Gasteiger partial charge in [-0.25, -0.2) is 9.97 Å². The molecule has 1 aromatic rings. The summed E-state index contributed by atoms with van der Waals surface area (Å²) in [5.74, 6) is 0.158. The summed E-state index contributed by atoms with van der Waals surface area (Å²) < 4.78 is 33.7. The van der Waals surface area contributed by atoms with Gasteiger partial charge in [0.05, 0.1) is 19.1 Å². The number of alkyl halides is 2. The van der Waals surface area contributed by atoms with Gasteiger partial charge in [0, 0.05) is 12.4 Å². The van der Waals surface area contributed by atoms with E-state index in [9.17, 15) is 8.78 Å². The third kappa shape index (κ3) is 3.17. The predicted octanol–water partition coefficient (Wildman–Crippen LogP) is 2.11. The van der Waals surface area contributed by atoms with Gasteiger partial charge in [-0.1, -0.05) is 13.3 Å². The fourth-order valence-electron chi connectivity index (χ4n) is 1.63. The quantitative estimate of drug-likeness (QED) is 0.816. The maximum absolute atomic E-state index is 12.6. The van der Waals surface area contributed by atoms with E-state index in [1.807, 2.05) is 0 Å². The first-order chi connectivity index (χ1) is 8.11. The Morgan fingerprint density at radius 3 is 2.41 bits per heavy atom. The van der Waals surface area contributed by atoms with Crippen LogP contribution in [-0.4, -0.2) is 29.5 Å². The Hall–Kier alpha value is -1.14. The number of halogens is 2. The molecule has 4 nitrogen and oxygen atoms in total. The Kier molecular flexibility index (Phi) is 3.63. The summed E-state index contributed by atoms with van der Waals surface area (Å²) in [6.07, 6.45) is 1.90. The molecule has 0 atom stereocenters. The molecular formula is C11H14F2N2O2. The number of ether oxygens (including phenoxy) is 2. The van der Waals surface area contributed by atoms with E-state index in [1.54, 1.807) is 12.4 Å². The zero-order valence-corrected chi connectivity index (χ0v) is 9.53. The van der Waals surface area contributed by atoms with Crippen LogP contribution in [0.5, 0.6) is 0 Å². The zero-order valence-electron chi connectivity index (χ0n) is 9.53. The molecule has 1 aliphatic heterocycles. The third-order valence-corrected chi connectivity index (χ3v) is 2.53. The second kappa shape index (κ2) is 5.01. The minimum absolute atomic E-state index is 0.125. The molecule has 0 bridgehead atoms. The van der Waals surface area contributed by atoms with Gasteiger partial charge in [0.15, 0.2) is 0 Å². The molecule has 0 radical (unpaired) electrons. The molecule has 2 rings (SSSR count). The second-order valence-corrected chi connectivity index (χ2v) is 3.98. The number of nitrogens with zero attached hydrogens (tertiary/aromatic N) is 2. The van der Waals surface area contributed by atoms with E-state index in [0.717, 1.165) is 18.4 Å². The predicted molar refractivity (Wildman–Crippen MR) is 55.6 cm³/mol. The normalized spacial score (nSPS) is 20.4. The van der Waals surface area contributed by atoms with Crippen molar-refractivity contribution in [1.29, 1.82) is 0 Å². The minimum atomic E-state index is -3.47. The molecule has 1 fully saturated rings. The first kappa shape index (κ1) is 12.3. The van der Waals surface area contributed by atoms with Crippen LogP contribution in [0.25, 0.3) is 0 Å². The first-order valence-electron chi connectivity index (χ1n) is 5.57. The lowest BCUT2D eigenvalue weighted by Crippen LogP contribution is -2.36. The Labute approximate surface area is 98.0 Å². The van der Waals surface area contributed by atoms with E-state index < -0.39 is 6.29 Å². The summed E-state index contributed by atoms with van der Waals surface area (Å²) in [4.78, 5) is 8.31. The summed E-state index contributed by atoms with van der Waals surface area (Å²) in [6.45, 7) is 1.82. The smallest absolute Gasteiger partial charge is 0.295 e. The molecule has 0 aliphatic carbocycles. The average molecular weight is 244 g/mol. The van der Waals surface area contributed by atoms with Gasteiger partial charge in [0.1, 0.15) is 5.82 Å². The van der Waals surface area contributed by atoms with Crippen molar-refractivity contribution in [2.24, 2.45) is 0 Å². The van der Waals surface area contributed by atoms with Crippen LogP contribution in [-0.2, 0) is 15.9 Å². The molecule has 0 saturated carbocycles. The van der Waals surface area contributed by atoms with Crippen molar-refractivity contribution in [3.05, 3.63) is 23.8 Å². The number of hydrogen-bond donors (Lipinski definition) is 0. The molecular weight excluding hydrogens is 230 g/mol. The molecule has 0 spiro atoms. The molecule has 17 heavy (non-hydrogen) atoms. The van der Waals surface area contributed by atoms with Gasteiger partial charge in [0.25, 0.3) is 0 Å². The summed E-state index contributed by atoms with van der Waals surface area (Å²) in [5.41, 5.74) is 1.04. The minimum Gasteiger partial charge on any atom is -0.295 e. The fourth-order valence-corrected chi connectivity index (χ4v) is 1.63. The van der Waals surface area contributed by atoms with Crippen molar-refractivity contribution in [2.45, 2.75) is 32.0 Å². The van der Waals surface area contributed by atoms with E-state index in [-0.39, 0.29) is 19.1 Å². The summed E-state index contributed by atoms with van der Waals surface area (Å²) in [6, 6.07) is 0. The molecule has 6 heteroatoms. The lowest BCUT2D eigenvalue weighted by Gasteiger charge is -2.27. The average Bonchev–Trinajstić information content (AvgIpc) is 2.31. The van der Waals surface area contributed by atoms with Crippen molar-refractivity contribution in [2.75, 3.05) is 13.2 Å². The Morgan fingerprint density at radius 1 is 1.29 bits per heavy atom. The summed E-state index contributed by atoms with van der Waals surface area (Å²) in [7, 11) is 0. The maximum Gasteiger partial charge on any atom is 0.485 e. The fraction of sp³-hybridized carbons (Fsp3) is 0.636. The molecule has 1 aliphatic rings. The summed E-state index contributed by atoms with van der Waals surface area (Å²) >= 11 is 0. The van der Waals surface area contributed by atoms with Crippen LogP contribution >= 0.6 is 0 Å². The van der Waals surface area contributed by atoms with E-state index in [1.165, 1.54) is 0 Å². The molecule has 0 aromatic carbocycles. The van der Waals surface area contributed by atoms with Gasteiger partial charge in [-0.15, -0.1) is 8.78 Å². The maximum atomic E-state index is 12.6. The molecule has 0 amide bonds. The van der Waals surface area contributed by atoms with Crippen LogP contribution in [0.15, 0.2) is 12.4 Å². The van der Waals surface area contributed by atoms with Crippen LogP contribution in [0.1, 0.15) is 30.7 Å². The van der Waals surface area contributed by atoms with Gasteiger partial charge in [-0.3, -0.25) is 9.47 Å². The Morgan fingerprint density at radius 2 is 1.88 bits per heavy atom. The highest BCUT2D eigenvalue weighted by molar-refractivity contribution is 5.08. The Bertz CT molecular complexity index is 360. The largest absolute Gasteiger partial charge is 0.485 e. The topological polar surface area (TPSA) is 44.2 Å². The van der Waals surface area contributed by atoms with E-state index >= 15 is 0 Å². The third-order valence-electron chi connectivity index (χ3n) is 2.53. The van der Waals surface area contributed by atoms with Crippen LogP contribution in [0.4, 0.5) is 8.78 Å². The summed E-state index contributed by atoms with van der Waals surface area (Å²) in [5, 5.41) is 0. The van der Waals surface area contributed by atoms with Gasteiger partial charge in [0.2, 0.25) is 0 Å². The van der Waals surface area contributed by atoms with Crippen molar-refractivity contribution in [3.63, 3.8) is 0 Å². The first-order valence-corrected chi connectivity index (χ1v) is 5.57. The van der Waals surface area contributed by atoms with Crippen molar-refractivity contribution in [1.82, 2.24) is 9.97 Å². The van der Waals surface area contributed by atoms with E-state index in [2.05, 4.69) is 26.4 Å². The number of aryl methyl sites for hydroxylation is 1. The highest BCUT2D eigenvalue weighted by atomic mass is 19.3. The molecule has 1 saturated heterocycles. The zero-order chi connectivity index (χ0) is 12.3. The van der Waals surface area contributed by atoms with E-state index in [0.29, 0.717) is 5.82 Å². The lowest BCUT2D eigenvalue weighted by molar-refractivity contribution is -0.415. The molecule has 0 unspecified atom stereocenters. The van der Waals surface area contributed by atoms with Crippen LogP contribution < -0.4 is 0 Å². The monoisotopic (exact) mass is 244 g/mol. The molecule has 2 heterocycles. The number of aromatic nitrogens is 2. The second-order valence-electron chi connectivity index (χ2n) is 3.98. The van der Waals surface area contributed by atoms with Gasteiger partial charge < -0.3 is 0 Å².